The third-order valence-corrected chi connectivity index (χ3v) is 6.15. The second kappa shape index (κ2) is 11.2. The van der Waals surface area contributed by atoms with Gasteiger partial charge in [-0.2, -0.15) is 0 Å². The number of carbonyl (C=O) groups is 1. The van der Waals surface area contributed by atoms with Gasteiger partial charge in [-0.1, -0.05) is 23.2 Å². The van der Waals surface area contributed by atoms with Crippen molar-refractivity contribution < 1.29 is 17.9 Å². The number of ether oxygens (including phenoxy) is 1. The van der Waals surface area contributed by atoms with Crippen molar-refractivity contribution in [3.8, 4) is 0 Å². The van der Waals surface area contributed by atoms with Crippen LogP contribution in [0.3, 0.4) is 0 Å². The summed E-state index contributed by atoms with van der Waals surface area (Å²) in [5.41, 5.74) is 0.322. The highest BCUT2D eigenvalue weighted by Crippen LogP contribution is 2.30. The van der Waals surface area contributed by atoms with Crippen LogP contribution in [0.1, 0.15) is 19.3 Å². The Labute approximate surface area is 177 Å². The average molecular weight is 452 g/mol. The first-order valence-electron chi connectivity index (χ1n) is 9.27. The van der Waals surface area contributed by atoms with E-state index >= 15 is 0 Å². The highest BCUT2D eigenvalue weighted by molar-refractivity contribution is 7.92. The number of hydrogen-bond acceptors (Lipinski definition) is 5. The van der Waals surface area contributed by atoms with Crippen molar-refractivity contribution in [2.75, 3.05) is 56.5 Å². The molecular formula is C18H27Cl2N3O4S. The van der Waals surface area contributed by atoms with Crippen LogP contribution in [0.2, 0.25) is 10.0 Å². The van der Waals surface area contributed by atoms with Gasteiger partial charge in [0.05, 0.1) is 30.2 Å². The molecule has 2 rings (SSSR count). The standard InChI is InChI=1S/C18H27Cl2N3O4S/c1-28(25,26)23(17-14-15(19)5-6-16(17)20)9-2-4-18(24)21-7-3-8-22-10-12-27-13-11-22/h5-6,14H,2-4,7-13H2,1H3,(H,21,24). The summed E-state index contributed by atoms with van der Waals surface area (Å²) in [6.45, 7) is 5.08. The number of carbonyl (C=O) groups excluding carboxylic acids is 1. The lowest BCUT2D eigenvalue weighted by Crippen LogP contribution is -2.38. The maximum Gasteiger partial charge on any atom is 0.232 e. The Balaban J connectivity index is 1.75. The SMILES string of the molecule is CS(=O)(=O)N(CCCC(=O)NCCCN1CCOCC1)c1cc(Cl)ccc1Cl. The van der Waals surface area contributed by atoms with Crippen LogP contribution in [-0.2, 0) is 19.6 Å². The number of nitrogens with one attached hydrogen (secondary N) is 1. The number of morpholine rings is 1. The van der Waals surface area contributed by atoms with E-state index in [1.165, 1.54) is 10.4 Å². The Kier molecular flexibility index (Phi) is 9.30. The molecule has 0 spiro atoms. The quantitative estimate of drug-likeness (QED) is 0.552. The fraction of sp³-hybridized carbons (Fsp3) is 0.611. The number of rotatable bonds is 10. The molecule has 158 valence electrons. The number of nitrogens with zero attached hydrogens (tertiary/aromatic N) is 2. The van der Waals surface area contributed by atoms with Gasteiger partial charge in [0.1, 0.15) is 0 Å². The number of amides is 1. The predicted octanol–water partition coefficient (Wildman–Crippen LogP) is 2.38. The maximum absolute atomic E-state index is 12.1. The van der Waals surface area contributed by atoms with Crippen molar-refractivity contribution in [1.82, 2.24) is 10.2 Å². The van der Waals surface area contributed by atoms with E-state index < -0.39 is 10.0 Å². The summed E-state index contributed by atoms with van der Waals surface area (Å²) in [6, 6.07) is 4.66. The van der Waals surface area contributed by atoms with Gasteiger partial charge < -0.3 is 10.1 Å². The first-order chi connectivity index (χ1) is 13.3. The van der Waals surface area contributed by atoms with Crippen LogP contribution in [0.4, 0.5) is 5.69 Å². The van der Waals surface area contributed by atoms with Crippen molar-refractivity contribution >= 4 is 44.8 Å². The van der Waals surface area contributed by atoms with Gasteiger partial charge in [-0.05, 0) is 37.6 Å². The molecule has 28 heavy (non-hydrogen) atoms. The van der Waals surface area contributed by atoms with Crippen molar-refractivity contribution in [2.24, 2.45) is 0 Å². The minimum atomic E-state index is -3.55. The Hall–Kier alpha value is -1.06. The van der Waals surface area contributed by atoms with Gasteiger partial charge in [0.25, 0.3) is 0 Å². The number of benzene rings is 1. The zero-order valence-corrected chi connectivity index (χ0v) is 18.3. The Morgan fingerprint density at radius 2 is 1.96 bits per heavy atom. The molecule has 1 fully saturated rings. The molecule has 0 atom stereocenters. The summed E-state index contributed by atoms with van der Waals surface area (Å²) < 4.78 is 30.8. The molecule has 1 N–H and O–H groups in total. The van der Waals surface area contributed by atoms with E-state index in [2.05, 4.69) is 10.2 Å². The molecular weight excluding hydrogens is 425 g/mol. The largest absolute Gasteiger partial charge is 0.379 e. The molecule has 0 aromatic heterocycles. The molecule has 1 aromatic carbocycles. The second-order valence-corrected chi connectivity index (χ2v) is 9.44. The lowest BCUT2D eigenvalue weighted by Gasteiger charge is -2.26. The fourth-order valence-corrected chi connectivity index (χ4v) is 4.37. The second-order valence-electron chi connectivity index (χ2n) is 6.69. The van der Waals surface area contributed by atoms with E-state index in [0.29, 0.717) is 28.7 Å². The average Bonchev–Trinajstić information content (AvgIpc) is 2.64. The van der Waals surface area contributed by atoms with Crippen LogP contribution in [-0.4, -0.2) is 71.4 Å². The molecule has 7 nitrogen and oxygen atoms in total. The first kappa shape index (κ1) is 23.2. The van der Waals surface area contributed by atoms with Crippen LogP contribution < -0.4 is 9.62 Å². The molecule has 1 heterocycles. The minimum Gasteiger partial charge on any atom is -0.379 e. The number of hydrogen-bond donors (Lipinski definition) is 1. The van der Waals surface area contributed by atoms with Crippen LogP contribution in [0.5, 0.6) is 0 Å². The molecule has 0 bridgehead atoms. The van der Waals surface area contributed by atoms with Crippen molar-refractivity contribution in [3.63, 3.8) is 0 Å². The summed E-state index contributed by atoms with van der Waals surface area (Å²) in [7, 11) is -3.55. The minimum absolute atomic E-state index is 0.0902. The molecule has 1 aromatic rings. The Morgan fingerprint density at radius 3 is 2.64 bits per heavy atom. The lowest BCUT2D eigenvalue weighted by atomic mass is 10.2. The molecule has 1 amide bonds. The maximum atomic E-state index is 12.1. The monoisotopic (exact) mass is 451 g/mol. The van der Waals surface area contributed by atoms with Gasteiger partial charge in [-0.3, -0.25) is 14.0 Å². The lowest BCUT2D eigenvalue weighted by molar-refractivity contribution is -0.121. The highest BCUT2D eigenvalue weighted by Gasteiger charge is 2.20. The van der Waals surface area contributed by atoms with Crippen molar-refractivity contribution in [2.45, 2.75) is 19.3 Å². The van der Waals surface area contributed by atoms with E-state index in [-0.39, 0.29) is 18.9 Å². The summed E-state index contributed by atoms with van der Waals surface area (Å²) in [6.07, 6.45) is 2.60. The Morgan fingerprint density at radius 1 is 1.25 bits per heavy atom. The number of sulfonamides is 1. The van der Waals surface area contributed by atoms with Crippen LogP contribution in [0, 0.1) is 0 Å². The van der Waals surface area contributed by atoms with Gasteiger partial charge >= 0.3 is 0 Å². The van der Waals surface area contributed by atoms with Crippen molar-refractivity contribution in [1.29, 1.82) is 0 Å². The van der Waals surface area contributed by atoms with Gasteiger partial charge in [0.15, 0.2) is 0 Å². The molecule has 0 saturated carbocycles. The normalized spacial score (nSPS) is 15.4. The summed E-state index contributed by atoms with van der Waals surface area (Å²) in [4.78, 5) is 14.3. The number of anilines is 1. The van der Waals surface area contributed by atoms with Gasteiger partial charge in [0.2, 0.25) is 15.9 Å². The highest BCUT2D eigenvalue weighted by atomic mass is 35.5. The molecule has 10 heteroatoms. The van der Waals surface area contributed by atoms with E-state index in [1.807, 2.05) is 0 Å². The third-order valence-electron chi connectivity index (χ3n) is 4.42. The zero-order valence-electron chi connectivity index (χ0n) is 16.0. The van der Waals surface area contributed by atoms with Gasteiger partial charge in [0, 0.05) is 37.6 Å². The van der Waals surface area contributed by atoms with Crippen LogP contribution in [0.25, 0.3) is 0 Å². The smallest absolute Gasteiger partial charge is 0.232 e. The third kappa shape index (κ3) is 7.75. The summed E-state index contributed by atoms with van der Waals surface area (Å²) in [5, 5.41) is 3.57. The fourth-order valence-electron chi connectivity index (χ4n) is 2.97. The molecule has 0 unspecified atom stereocenters. The van der Waals surface area contributed by atoms with Gasteiger partial charge in [-0.25, -0.2) is 8.42 Å². The zero-order chi connectivity index (χ0) is 20.6. The van der Waals surface area contributed by atoms with Crippen LogP contribution in [0.15, 0.2) is 18.2 Å². The number of halogens is 2. The molecule has 1 aliphatic heterocycles. The predicted molar refractivity (Wildman–Crippen MR) is 113 cm³/mol. The van der Waals surface area contributed by atoms with E-state index in [9.17, 15) is 13.2 Å². The van der Waals surface area contributed by atoms with Gasteiger partial charge in [-0.15, -0.1) is 0 Å². The van der Waals surface area contributed by atoms with E-state index in [4.69, 9.17) is 27.9 Å². The Bertz CT molecular complexity index is 755. The first-order valence-corrected chi connectivity index (χ1v) is 11.9. The topological polar surface area (TPSA) is 79.0 Å². The van der Waals surface area contributed by atoms with E-state index in [1.54, 1.807) is 12.1 Å². The molecule has 0 radical (unpaired) electrons. The van der Waals surface area contributed by atoms with Crippen LogP contribution >= 0.6 is 23.2 Å². The molecule has 1 aliphatic rings. The summed E-state index contributed by atoms with van der Waals surface area (Å²) >= 11 is 12.1. The van der Waals surface area contributed by atoms with Crippen molar-refractivity contribution in [3.05, 3.63) is 28.2 Å². The molecule has 1 saturated heterocycles. The van der Waals surface area contributed by atoms with E-state index in [0.717, 1.165) is 45.5 Å². The summed E-state index contributed by atoms with van der Waals surface area (Å²) in [5.74, 6) is -0.0902. The molecule has 0 aliphatic carbocycles.